The molecule has 0 aliphatic heterocycles. The third-order valence-corrected chi connectivity index (χ3v) is 3.90. The van der Waals surface area contributed by atoms with Crippen molar-refractivity contribution < 1.29 is 17.5 Å². The van der Waals surface area contributed by atoms with Crippen LogP contribution in [0.2, 0.25) is 0 Å². The highest BCUT2D eigenvalue weighted by molar-refractivity contribution is 8.13. The molecule has 0 atom stereocenters. The van der Waals surface area contributed by atoms with E-state index in [0.717, 1.165) is 0 Å². The molecule has 0 saturated heterocycles. The molecule has 18 heavy (non-hydrogen) atoms. The average molecular weight is 295 g/mol. The molecule has 0 aliphatic rings. The van der Waals surface area contributed by atoms with Crippen LogP contribution in [-0.4, -0.2) is 21.7 Å². The first-order valence-electron chi connectivity index (χ1n) is 5.55. The summed E-state index contributed by atoms with van der Waals surface area (Å²) in [6.07, 6.45) is 0. The summed E-state index contributed by atoms with van der Waals surface area (Å²) < 4.78 is 40.3. The summed E-state index contributed by atoms with van der Waals surface area (Å²) in [6, 6.07) is 3.08. The Morgan fingerprint density at radius 3 is 2.44 bits per heavy atom. The maximum atomic E-state index is 12.1. The SMILES string of the molecule is Cc1cc(S(=O)(=O)Cl)c(C(C)C)cc1OCCF. The molecule has 0 fully saturated rings. The quantitative estimate of drug-likeness (QED) is 0.782. The summed E-state index contributed by atoms with van der Waals surface area (Å²) in [6.45, 7) is 4.77. The van der Waals surface area contributed by atoms with Crippen molar-refractivity contribution in [3.8, 4) is 5.75 Å². The average Bonchev–Trinajstić information content (AvgIpc) is 2.25. The fourth-order valence-electron chi connectivity index (χ4n) is 1.64. The first-order valence-corrected chi connectivity index (χ1v) is 7.86. The van der Waals surface area contributed by atoms with E-state index in [2.05, 4.69) is 0 Å². The van der Waals surface area contributed by atoms with Crippen molar-refractivity contribution in [2.45, 2.75) is 31.6 Å². The van der Waals surface area contributed by atoms with Crippen LogP contribution < -0.4 is 4.74 Å². The second-order valence-electron chi connectivity index (χ2n) is 4.29. The highest BCUT2D eigenvalue weighted by Gasteiger charge is 2.20. The molecule has 1 aromatic rings. The predicted molar refractivity (Wildman–Crippen MR) is 69.8 cm³/mol. The molecule has 0 spiro atoms. The molecule has 0 aliphatic carbocycles. The molecule has 0 amide bonds. The lowest BCUT2D eigenvalue weighted by molar-refractivity contribution is 0.271. The summed E-state index contributed by atoms with van der Waals surface area (Å²) in [4.78, 5) is 0.0873. The number of benzene rings is 1. The molecule has 0 heterocycles. The minimum Gasteiger partial charge on any atom is -0.491 e. The predicted octanol–water partition coefficient (Wildman–Crippen LogP) is 3.39. The van der Waals surface area contributed by atoms with Gasteiger partial charge < -0.3 is 4.74 Å². The second-order valence-corrected chi connectivity index (χ2v) is 6.82. The zero-order valence-corrected chi connectivity index (χ0v) is 12.1. The van der Waals surface area contributed by atoms with Gasteiger partial charge in [-0.25, -0.2) is 12.8 Å². The molecule has 3 nitrogen and oxygen atoms in total. The van der Waals surface area contributed by atoms with Crippen molar-refractivity contribution in [3.63, 3.8) is 0 Å². The van der Waals surface area contributed by atoms with Crippen molar-refractivity contribution in [2.75, 3.05) is 13.3 Å². The molecule has 0 unspecified atom stereocenters. The number of ether oxygens (including phenoxy) is 1. The Hall–Kier alpha value is -0.810. The molecule has 6 heteroatoms. The fraction of sp³-hybridized carbons (Fsp3) is 0.500. The topological polar surface area (TPSA) is 43.4 Å². The first-order chi connectivity index (χ1) is 8.27. The van der Waals surface area contributed by atoms with Crippen molar-refractivity contribution >= 4 is 19.7 Å². The number of aryl methyl sites for hydroxylation is 1. The van der Waals surface area contributed by atoms with E-state index in [-0.39, 0.29) is 17.4 Å². The normalized spacial score (nSPS) is 11.9. The van der Waals surface area contributed by atoms with Gasteiger partial charge >= 0.3 is 0 Å². The zero-order valence-electron chi connectivity index (χ0n) is 10.5. The van der Waals surface area contributed by atoms with Gasteiger partial charge in [0.15, 0.2) is 0 Å². The summed E-state index contributed by atoms with van der Waals surface area (Å²) >= 11 is 0. The van der Waals surface area contributed by atoms with Gasteiger partial charge in [-0.05, 0) is 36.1 Å². The highest BCUT2D eigenvalue weighted by Crippen LogP contribution is 2.32. The zero-order chi connectivity index (χ0) is 13.9. The highest BCUT2D eigenvalue weighted by atomic mass is 35.7. The molecule has 1 aromatic carbocycles. The Bertz CT molecular complexity index is 526. The van der Waals surface area contributed by atoms with Crippen LogP contribution in [0, 0.1) is 6.92 Å². The number of hydrogen-bond donors (Lipinski definition) is 0. The van der Waals surface area contributed by atoms with Crippen LogP contribution in [0.5, 0.6) is 5.75 Å². The van der Waals surface area contributed by atoms with Crippen LogP contribution in [0.4, 0.5) is 4.39 Å². The second kappa shape index (κ2) is 5.89. The number of hydrogen-bond acceptors (Lipinski definition) is 3. The van der Waals surface area contributed by atoms with Gasteiger partial charge in [0.25, 0.3) is 9.05 Å². The number of halogens is 2. The van der Waals surface area contributed by atoms with Crippen molar-refractivity contribution in [1.82, 2.24) is 0 Å². The summed E-state index contributed by atoms with van der Waals surface area (Å²) in [7, 11) is 1.61. The monoisotopic (exact) mass is 294 g/mol. The molecule has 102 valence electrons. The number of alkyl halides is 1. The van der Waals surface area contributed by atoms with E-state index in [0.29, 0.717) is 16.9 Å². The Labute approximate surface area is 111 Å². The van der Waals surface area contributed by atoms with Crippen LogP contribution in [0.15, 0.2) is 17.0 Å². The van der Waals surface area contributed by atoms with Gasteiger partial charge in [0.1, 0.15) is 19.0 Å². The minimum atomic E-state index is -3.80. The van der Waals surface area contributed by atoms with Gasteiger partial charge in [0, 0.05) is 10.7 Å². The van der Waals surface area contributed by atoms with Crippen LogP contribution in [-0.2, 0) is 9.05 Å². The molecule has 0 aromatic heterocycles. The Morgan fingerprint density at radius 1 is 1.39 bits per heavy atom. The Balaban J connectivity index is 3.35. The summed E-state index contributed by atoms with van der Waals surface area (Å²) in [5, 5.41) is 0. The van der Waals surface area contributed by atoms with E-state index in [4.69, 9.17) is 15.4 Å². The van der Waals surface area contributed by atoms with Gasteiger partial charge in [-0.1, -0.05) is 13.8 Å². The molecule has 0 N–H and O–H groups in total. The maximum Gasteiger partial charge on any atom is 0.261 e. The van der Waals surface area contributed by atoms with Gasteiger partial charge in [-0.2, -0.15) is 0 Å². The third-order valence-electron chi connectivity index (χ3n) is 2.53. The van der Waals surface area contributed by atoms with Gasteiger partial charge in [0.2, 0.25) is 0 Å². The lowest BCUT2D eigenvalue weighted by Gasteiger charge is -2.15. The molecule has 0 radical (unpaired) electrons. The Kier molecular flexibility index (Phi) is 4.99. The minimum absolute atomic E-state index is 0.0261. The molecular weight excluding hydrogens is 279 g/mol. The van der Waals surface area contributed by atoms with E-state index < -0.39 is 15.7 Å². The Morgan fingerprint density at radius 2 is 2.00 bits per heavy atom. The van der Waals surface area contributed by atoms with Gasteiger partial charge in [-0.15, -0.1) is 0 Å². The van der Waals surface area contributed by atoms with Crippen molar-refractivity contribution in [3.05, 3.63) is 23.3 Å². The summed E-state index contributed by atoms with van der Waals surface area (Å²) in [5.74, 6) is 0.460. The van der Waals surface area contributed by atoms with Gasteiger partial charge in [-0.3, -0.25) is 0 Å². The number of rotatable bonds is 5. The van der Waals surface area contributed by atoms with E-state index in [1.807, 2.05) is 13.8 Å². The molecule has 1 rings (SSSR count). The fourth-order valence-corrected chi connectivity index (χ4v) is 2.94. The third kappa shape index (κ3) is 3.59. The van der Waals surface area contributed by atoms with Crippen LogP contribution in [0.3, 0.4) is 0 Å². The van der Waals surface area contributed by atoms with Crippen molar-refractivity contribution in [2.24, 2.45) is 0 Å². The van der Waals surface area contributed by atoms with E-state index in [1.165, 1.54) is 6.07 Å². The van der Waals surface area contributed by atoms with Crippen LogP contribution in [0.25, 0.3) is 0 Å². The van der Waals surface area contributed by atoms with Crippen LogP contribution >= 0.6 is 10.7 Å². The van der Waals surface area contributed by atoms with E-state index in [9.17, 15) is 12.8 Å². The maximum absolute atomic E-state index is 12.1. The van der Waals surface area contributed by atoms with E-state index in [1.54, 1.807) is 13.0 Å². The molecule has 0 saturated carbocycles. The largest absolute Gasteiger partial charge is 0.491 e. The van der Waals surface area contributed by atoms with Crippen LogP contribution in [0.1, 0.15) is 30.9 Å². The summed E-state index contributed by atoms with van der Waals surface area (Å²) in [5.41, 5.74) is 1.19. The van der Waals surface area contributed by atoms with Crippen molar-refractivity contribution in [1.29, 1.82) is 0 Å². The van der Waals surface area contributed by atoms with Gasteiger partial charge in [0.05, 0.1) is 4.90 Å². The first kappa shape index (κ1) is 15.2. The smallest absolute Gasteiger partial charge is 0.261 e. The molecule has 0 bridgehead atoms. The van der Waals surface area contributed by atoms with E-state index >= 15 is 0 Å². The lowest BCUT2D eigenvalue weighted by atomic mass is 10.0. The lowest BCUT2D eigenvalue weighted by Crippen LogP contribution is -2.05. The standard InChI is InChI=1S/C12H16ClFO3S/c1-8(2)10-7-11(17-5-4-14)9(3)6-12(10)18(13,15)16/h6-8H,4-5H2,1-3H3. The molecular formula is C12H16ClFO3S.